The van der Waals surface area contributed by atoms with Crippen LogP contribution in [-0.4, -0.2) is 29.2 Å². The Kier molecular flexibility index (Phi) is 6.20. The number of terminal acetylenes is 1. The van der Waals surface area contributed by atoms with E-state index in [1.54, 1.807) is 0 Å². The maximum Gasteiger partial charge on any atom is 0.315 e. The van der Waals surface area contributed by atoms with Gasteiger partial charge in [0, 0.05) is 18.5 Å². The van der Waals surface area contributed by atoms with Crippen molar-refractivity contribution in [2.75, 3.05) is 0 Å². The first kappa shape index (κ1) is 15.4. The van der Waals surface area contributed by atoms with Crippen LogP contribution in [-0.2, 0) is 4.79 Å². The second-order valence-electron chi connectivity index (χ2n) is 5.03. The van der Waals surface area contributed by atoms with Crippen LogP contribution in [0.4, 0.5) is 4.79 Å². The van der Waals surface area contributed by atoms with Gasteiger partial charge in [-0.05, 0) is 25.7 Å². The van der Waals surface area contributed by atoms with Crippen LogP contribution in [0.5, 0.6) is 0 Å². The Labute approximate surface area is 114 Å². The lowest BCUT2D eigenvalue weighted by molar-refractivity contribution is -0.143. The van der Waals surface area contributed by atoms with Gasteiger partial charge in [0.2, 0.25) is 0 Å². The van der Waals surface area contributed by atoms with E-state index >= 15 is 0 Å². The van der Waals surface area contributed by atoms with Crippen molar-refractivity contribution in [1.82, 2.24) is 10.6 Å². The first-order valence-electron chi connectivity index (χ1n) is 6.80. The van der Waals surface area contributed by atoms with Crippen LogP contribution in [0.2, 0.25) is 0 Å². The standard InChI is InChI=1S/C14H22N2O3/c1-3-6-11(4-2)15-14(19)16-12-8-5-7-10(9-12)13(17)18/h1,10-12H,4-9H2,2H3,(H,17,18)(H2,15,16,19). The van der Waals surface area contributed by atoms with E-state index in [9.17, 15) is 9.59 Å². The number of nitrogens with one attached hydrogen (secondary N) is 2. The third-order valence-corrected chi connectivity index (χ3v) is 3.55. The molecule has 2 amide bonds. The summed E-state index contributed by atoms with van der Waals surface area (Å²) in [7, 11) is 0. The van der Waals surface area contributed by atoms with E-state index in [1.807, 2.05) is 6.92 Å². The summed E-state index contributed by atoms with van der Waals surface area (Å²) in [6.45, 7) is 1.96. The normalized spacial score (nSPS) is 24.0. The molecular weight excluding hydrogens is 244 g/mol. The van der Waals surface area contributed by atoms with Gasteiger partial charge in [0.1, 0.15) is 0 Å². The molecule has 0 bridgehead atoms. The van der Waals surface area contributed by atoms with E-state index in [2.05, 4.69) is 16.6 Å². The number of aliphatic carboxylic acids is 1. The van der Waals surface area contributed by atoms with Crippen LogP contribution >= 0.6 is 0 Å². The zero-order chi connectivity index (χ0) is 14.3. The van der Waals surface area contributed by atoms with Crippen LogP contribution in [0, 0.1) is 18.3 Å². The zero-order valence-corrected chi connectivity index (χ0v) is 11.3. The molecule has 0 aliphatic heterocycles. The minimum Gasteiger partial charge on any atom is -0.481 e. The molecule has 1 fully saturated rings. The molecule has 1 saturated carbocycles. The summed E-state index contributed by atoms with van der Waals surface area (Å²) in [5.41, 5.74) is 0. The average molecular weight is 266 g/mol. The maximum absolute atomic E-state index is 11.8. The largest absolute Gasteiger partial charge is 0.481 e. The summed E-state index contributed by atoms with van der Waals surface area (Å²) in [5.74, 6) is 1.42. The Balaban J connectivity index is 2.39. The van der Waals surface area contributed by atoms with Gasteiger partial charge in [0.15, 0.2) is 0 Å². The van der Waals surface area contributed by atoms with Gasteiger partial charge < -0.3 is 15.7 Å². The van der Waals surface area contributed by atoms with Crippen LogP contribution in [0.25, 0.3) is 0 Å². The quantitative estimate of drug-likeness (QED) is 0.663. The van der Waals surface area contributed by atoms with Crippen molar-refractivity contribution in [2.45, 2.75) is 57.5 Å². The zero-order valence-electron chi connectivity index (χ0n) is 11.3. The molecule has 3 N–H and O–H groups in total. The van der Waals surface area contributed by atoms with Gasteiger partial charge in [-0.1, -0.05) is 13.3 Å². The average Bonchev–Trinajstić information content (AvgIpc) is 2.38. The Hall–Kier alpha value is -1.70. The lowest BCUT2D eigenvalue weighted by atomic mass is 9.86. The van der Waals surface area contributed by atoms with Crippen molar-refractivity contribution >= 4 is 12.0 Å². The number of hydrogen-bond acceptors (Lipinski definition) is 2. The molecule has 0 radical (unpaired) electrons. The summed E-state index contributed by atoms with van der Waals surface area (Å²) in [5, 5.41) is 14.7. The van der Waals surface area contributed by atoms with Crippen molar-refractivity contribution < 1.29 is 14.7 Å². The van der Waals surface area contributed by atoms with Gasteiger partial charge in [-0.3, -0.25) is 4.79 Å². The van der Waals surface area contributed by atoms with Crippen molar-refractivity contribution in [2.24, 2.45) is 5.92 Å². The van der Waals surface area contributed by atoms with E-state index in [0.717, 1.165) is 19.3 Å². The topological polar surface area (TPSA) is 78.4 Å². The molecule has 0 saturated heterocycles. The summed E-state index contributed by atoms with van der Waals surface area (Å²) in [6.07, 6.45) is 9.39. The number of urea groups is 1. The van der Waals surface area contributed by atoms with Crippen LogP contribution in [0.15, 0.2) is 0 Å². The summed E-state index contributed by atoms with van der Waals surface area (Å²) in [4.78, 5) is 22.7. The van der Waals surface area contributed by atoms with E-state index < -0.39 is 5.97 Å². The minimum absolute atomic E-state index is 0.0242. The Morgan fingerprint density at radius 3 is 2.79 bits per heavy atom. The molecule has 0 spiro atoms. The fourth-order valence-electron chi connectivity index (χ4n) is 2.40. The molecule has 19 heavy (non-hydrogen) atoms. The lowest BCUT2D eigenvalue weighted by Gasteiger charge is -2.28. The molecule has 3 atom stereocenters. The third kappa shape index (κ3) is 5.21. The highest BCUT2D eigenvalue weighted by Crippen LogP contribution is 2.24. The first-order chi connectivity index (χ1) is 9.06. The minimum atomic E-state index is -0.773. The molecule has 0 aromatic carbocycles. The SMILES string of the molecule is C#CCC(CC)NC(=O)NC1CCCC(C(=O)O)C1. The Morgan fingerprint density at radius 1 is 1.47 bits per heavy atom. The number of carbonyl (C=O) groups excluding carboxylic acids is 1. The fourth-order valence-corrected chi connectivity index (χ4v) is 2.40. The first-order valence-corrected chi connectivity index (χ1v) is 6.80. The smallest absolute Gasteiger partial charge is 0.315 e. The molecule has 0 aromatic rings. The van der Waals surface area contributed by atoms with Crippen molar-refractivity contribution in [3.05, 3.63) is 0 Å². The Morgan fingerprint density at radius 2 is 2.21 bits per heavy atom. The van der Waals surface area contributed by atoms with Gasteiger partial charge in [0.05, 0.1) is 5.92 Å². The number of rotatable bonds is 5. The predicted octanol–water partition coefficient (Wildman–Crippen LogP) is 1.73. The number of carbonyl (C=O) groups is 2. The second-order valence-corrected chi connectivity index (χ2v) is 5.03. The van der Waals surface area contributed by atoms with Crippen molar-refractivity contribution in [3.8, 4) is 12.3 Å². The second kappa shape index (κ2) is 7.67. The summed E-state index contributed by atoms with van der Waals surface area (Å²) >= 11 is 0. The predicted molar refractivity (Wildman–Crippen MR) is 72.6 cm³/mol. The summed E-state index contributed by atoms with van der Waals surface area (Å²) in [6, 6.07) is -0.333. The molecule has 3 unspecified atom stereocenters. The number of carboxylic acids is 1. The van der Waals surface area contributed by atoms with Gasteiger partial charge in [-0.2, -0.15) is 0 Å². The number of carboxylic acid groups (broad SMARTS) is 1. The van der Waals surface area contributed by atoms with Gasteiger partial charge in [-0.15, -0.1) is 12.3 Å². The van der Waals surface area contributed by atoms with Gasteiger partial charge in [-0.25, -0.2) is 4.79 Å². The third-order valence-electron chi connectivity index (χ3n) is 3.55. The van der Waals surface area contributed by atoms with Crippen LogP contribution < -0.4 is 10.6 Å². The highest BCUT2D eigenvalue weighted by atomic mass is 16.4. The molecule has 1 aliphatic carbocycles. The highest BCUT2D eigenvalue weighted by Gasteiger charge is 2.27. The monoisotopic (exact) mass is 266 g/mol. The van der Waals surface area contributed by atoms with Crippen molar-refractivity contribution in [3.63, 3.8) is 0 Å². The molecule has 5 heteroatoms. The molecule has 0 aromatic heterocycles. The molecule has 5 nitrogen and oxygen atoms in total. The molecule has 106 valence electrons. The molecule has 1 rings (SSSR count). The number of hydrogen-bond donors (Lipinski definition) is 3. The Bertz CT molecular complexity index is 362. The highest BCUT2D eigenvalue weighted by molar-refractivity contribution is 5.75. The van der Waals surface area contributed by atoms with E-state index in [4.69, 9.17) is 11.5 Å². The van der Waals surface area contributed by atoms with Crippen molar-refractivity contribution in [1.29, 1.82) is 0 Å². The number of amides is 2. The van der Waals surface area contributed by atoms with Crippen LogP contribution in [0.3, 0.4) is 0 Å². The van der Waals surface area contributed by atoms with Gasteiger partial charge in [0.25, 0.3) is 0 Å². The van der Waals surface area contributed by atoms with Crippen LogP contribution in [0.1, 0.15) is 45.4 Å². The molecular formula is C14H22N2O3. The van der Waals surface area contributed by atoms with E-state index in [0.29, 0.717) is 19.3 Å². The maximum atomic E-state index is 11.8. The van der Waals surface area contributed by atoms with Gasteiger partial charge >= 0.3 is 12.0 Å². The lowest BCUT2D eigenvalue weighted by Crippen LogP contribution is -2.47. The molecule has 0 heterocycles. The van der Waals surface area contributed by atoms with E-state index in [1.165, 1.54) is 0 Å². The summed E-state index contributed by atoms with van der Waals surface area (Å²) < 4.78 is 0. The fraction of sp³-hybridized carbons (Fsp3) is 0.714. The molecule has 1 aliphatic rings. The van der Waals surface area contributed by atoms with E-state index in [-0.39, 0.29) is 24.0 Å².